The van der Waals surface area contributed by atoms with E-state index in [2.05, 4.69) is 4.90 Å². The van der Waals surface area contributed by atoms with Gasteiger partial charge in [0.1, 0.15) is 5.75 Å². The van der Waals surface area contributed by atoms with Crippen LogP contribution in [0.2, 0.25) is 5.02 Å². The minimum Gasteiger partial charge on any atom is -0.497 e. The first-order chi connectivity index (χ1) is 16.9. The van der Waals surface area contributed by atoms with Crippen LogP contribution >= 0.6 is 11.6 Å². The second-order valence-electron chi connectivity index (χ2n) is 8.40. The maximum absolute atomic E-state index is 14.1. The van der Waals surface area contributed by atoms with Crippen molar-refractivity contribution in [2.45, 2.75) is 12.7 Å². The summed E-state index contributed by atoms with van der Waals surface area (Å²) in [5, 5.41) is 0.652. The molecule has 5 nitrogen and oxygen atoms in total. The zero-order chi connectivity index (χ0) is 24.8. The first-order valence-electron chi connectivity index (χ1n) is 11.4. The summed E-state index contributed by atoms with van der Waals surface area (Å²) in [5.74, 6) is -1.88. The van der Waals surface area contributed by atoms with Gasteiger partial charge in [-0.05, 0) is 47.5 Å². The van der Waals surface area contributed by atoms with Crippen molar-refractivity contribution in [3.8, 4) is 5.75 Å². The summed E-state index contributed by atoms with van der Waals surface area (Å²) in [5.41, 5.74) is 1.71. The van der Waals surface area contributed by atoms with Crippen LogP contribution in [0.15, 0.2) is 66.7 Å². The third-order valence-electron chi connectivity index (χ3n) is 6.07. The molecular formula is C27H27ClF2N2O3. The maximum atomic E-state index is 14.1. The summed E-state index contributed by atoms with van der Waals surface area (Å²) < 4.78 is 39.3. The first-order valence-corrected chi connectivity index (χ1v) is 11.8. The molecule has 1 heterocycles. The van der Waals surface area contributed by atoms with E-state index in [1.54, 1.807) is 12.0 Å². The lowest BCUT2D eigenvalue weighted by molar-refractivity contribution is 0.00328. The highest BCUT2D eigenvalue weighted by Crippen LogP contribution is 2.26. The van der Waals surface area contributed by atoms with Gasteiger partial charge in [0.2, 0.25) is 0 Å². The maximum Gasteiger partial charge on any atom is 0.257 e. The zero-order valence-corrected chi connectivity index (χ0v) is 20.2. The number of carbonyl (C=O) groups is 1. The average molecular weight is 501 g/mol. The molecule has 1 aliphatic rings. The summed E-state index contributed by atoms with van der Waals surface area (Å²) in [6.45, 7) is 2.99. The Balaban J connectivity index is 1.42. The number of hydrogen-bond donors (Lipinski definition) is 0. The summed E-state index contributed by atoms with van der Waals surface area (Å²) in [7, 11) is 1.62. The molecule has 0 saturated carbocycles. The van der Waals surface area contributed by atoms with Crippen molar-refractivity contribution in [3.05, 3.63) is 100 Å². The number of hydrogen-bond acceptors (Lipinski definition) is 4. The van der Waals surface area contributed by atoms with Crippen LogP contribution in [0.25, 0.3) is 0 Å². The lowest BCUT2D eigenvalue weighted by Gasteiger charge is -2.36. The number of rotatable bonds is 8. The highest BCUT2D eigenvalue weighted by Gasteiger charge is 2.27. The van der Waals surface area contributed by atoms with Crippen LogP contribution in [0.4, 0.5) is 8.78 Å². The molecule has 0 radical (unpaired) electrons. The van der Waals surface area contributed by atoms with Crippen LogP contribution in [-0.2, 0) is 11.3 Å². The van der Waals surface area contributed by atoms with Gasteiger partial charge < -0.3 is 14.4 Å². The third kappa shape index (κ3) is 6.36. The molecule has 35 heavy (non-hydrogen) atoms. The Bertz CT molecular complexity index is 1170. The highest BCUT2D eigenvalue weighted by atomic mass is 35.5. The van der Waals surface area contributed by atoms with Crippen molar-refractivity contribution in [1.29, 1.82) is 0 Å². The number of halogens is 3. The monoisotopic (exact) mass is 500 g/mol. The van der Waals surface area contributed by atoms with E-state index in [0.29, 0.717) is 44.4 Å². The molecule has 3 aromatic carbocycles. The van der Waals surface area contributed by atoms with E-state index >= 15 is 0 Å². The van der Waals surface area contributed by atoms with Crippen molar-refractivity contribution in [3.63, 3.8) is 0 Å². The molecule has 0 bridgehead atoms. The van der Waals surface area contributed by atoms with Gasteiger partial charge in [-0.25, -0.2) is 8.78 Å². The Hall–Kier alpha value is -3.00. The normalized spacial score (nSPS) is 15.1. The molecule has 184 valence electrons. The average Bonchev–Trinajstić information content (AvgIpc) is 2.88. The second kappa shape index (κ2) is 11.6. The quantitative estimate of drug-likeness (QED) is 0.418. The molecule has 1 saturated heterocycles. The van der Waals surface area contributed by atoms with Gasteiger partial charge in [-0.3, -0.25) is 9.69 Å². The number of nitrogens with zero attached hydrogens (tertiary/aromatic N) is 2. The van der Waals surface area contributed by atoms with Gasteiger partial charge in [0.15, 0.2) is 11.6 Å². The number of carbonyl (C=O) groups excluding carboxylic acids is 1. The van der Waals surface area contributed by atoms with Crippen LogP contribution in [-0.4, -0.2) is 55.5 Å². The number of methoxy groups -OCH3 is 1. The molecule has 1 aliphatic heterocycles. The van der Waals surface area contributed by atoms with Crippen molar-refractivity contribution in [1.82, 2.24) is 9.80 Å². The zero-order valence-electron chi connectivity index (χ0n) is 19.4. The van der Waals surface area contributed by atoms with E-state index in [1.165, 1.54) is 12.1 Å². The van der Waals surface area contributed by atoms with Gasteiger partial charge in [-0.15, -0.1) is 0 Å². The van der Waals surface area contributed by atoms with E-state index in [9.17, 15) is 13.6 Å². The molecule has 0 N–H and O–H groups in total. The fourth-order valence-electron chi connectivity index (χ4n) is 4.13. The largest absolute Gasteiger partial charge is 0.497 e. The Labute approximate surface area is 208 Å². The first kappa shape index (κ1) is 25.1. The molecule has 1 fully saturated rings. The minimum atomic E-state index is -1.10. The molecule has 0 unspecified atom stereocenters. The Morgan fingerprint density at radius 1 is 1.00 bits per heavy atom. The predicted molar refractivity (Wildman–Crippen MR) is 131 cm³/mol. The molecule has 3 aromatic rings. The van der Waals surface area contributed by atoms with Crippen LogP contribution in [0, 0.1) is 11.6 Å². The third-order valence-corrected chi connectivity index (χ3v) is 6.31. The van der Waals surface area contributed by atoms with Crippen LogP contribution < -0.4 is 4.74 Å². The molecule has 4 rings (SSSR count). The Morgan fingerprint density at radius 2 is 1.74 bits per heavy atom. The highest BCUT2D eigenvalue weighted by molar-refractivity contribution is 6.30. The van der Waals surface area contributed by atoms with Crippen molar-refractivity contribution in [2.24, 2.45) is 0 Å². The van der Waals surface area contributed by atoms with Crippen LogP contribution in [0.1, 0.15) is 27.6 Å². The summed E-state index contributed by atoms with van der Waals surface area (Å²) in [4.78, 5) is 16.5. The van der Waals surface area contributed by atoms with E-state index in [4.69, 9.17) is 21.1 Å². The number of piperazine rings is 1. The molecule has 8 heteroatoms. The van der Waals surface area contributed by atoms with Crippen molar-refractivity contribution in [2.75, 3.05) is 39.8 Å². The minimum absolute atomic E-state index is 0.238. The number of benzene rings is 3. The van der Waals surface area contributed by atoms with Gasteiger partial charge in [-0.1, -0.05) is 41.9 Å². The number of amides is 1. The second-order valence-corrected chi connectivity index (χ2v) is 8.84. The smallest absolute Gasteiger partial charge is 0.257 e. The molecule has 0 spiro atoms. The Morgan fingerprint density at radius 3 is 2.49 bits per heavy atom. The van der Waals surface area contributed by atoms with E-state index in [0.717, 1.165) is 22.9 Å². The summed E-state index contributed by atoms with van der Waals surface area (Å²) in [6, 6.07) is 19.0. The van der Waals surface area contributed by atoms with Crippen LogP contribution in [0.5, 0.6) is 5.75 Å². The number of ether oxygens (including phenoxy) is 2. The van der Waals surface area contributed by atoms with Crippen molar-refractivity contribution >= 4 is 17.5 Å². The van der Waals surface area contributed by atoms with Gasteiger partial charge in [0, 0.05) is 37.7 Å². The lowest BCUT2D eigenvalue weighted by Crippen LogP contribution is -2.49. The summed E-state index contributed by atoms with van der Waals surface area (Å²) >= 11 is 6.12. The molecule has 0 aromatic heterocycles. The fourth-order valence-corrected chi connectivity index (χ4v) is 4.34. The Kier molecular flexibility index (Phi) is 8.33. The van der Waals surface area contributed by atoms with Crippen LogP contribution in [0.3, 0.4) is 0 Å². The van der Waals surface area contributed by atoms with Crippen molar-refractivity contribution < 1.29 is 23.0 Å². The molecule has 1 amide bonds. The van der Waals surface area contributed by atoms with Gasteiger partial charge in [-0.2, -0.15) is 0 Å². The molecular weight excluding hydrogens is 474 g/mol. The predicted octanol–water partition coefficient (Wildman–Crippen LogP) is 5.34. The topological polar surface area (TPSA) is 42.0 Å². The van der Waals surface area contributed by atoms with Gasteiger partial charge in [0.25, 0.3) is 5.91 Å². The molecule has 0 aliphatic carbocycles. The van der Waals surface area contributed by atoms with Gasteiger partial charge in [0.05, 0.1) is 25.4 Å². The standard InChI is InChI=1S/C27H27ClF2N2O3/c1-34-22-8-3-6-20(16-22)25(35-18-19-5-2-7-21(28)15-19)17-31-11-13-32(14-12-31)27(33)23-9-4-10-24(29)26(23)30/h2-10,15-16,25H,11-14,17-18H2,1H3/t25-/m1/s1. The SMILES string of the molecule is COc1cccc([C@@H](CN2CCN(C(=O)c3cccc(F)c3F)CC2)OCc2cccc(Cl)c2)c1. The molecule has 1 atom stereocenters. The van der Waals surface area contributed by atoms with Gasteiger partial charge >= 0.3 is 0 Å². The lowest BCUT2D eigenvalue weighted by atomic mass is 10.1. The van der Waals surface area contributed by atoms with E-state index in [-0.39, 0.29) is 11.7 Å². The van der Waals surface area contributed by atoms with E-state index < -0.39 is 17.5 Å². The summed E-state index contributed by atoms with van der Waals surface area (Å²) in [6.07, 6.45) is -0.244. The van der Waals surface area contributed by atoms with E-state index in [1.807, 2.05) is 48.5 Å². The fraction of sp³-hybridized carbons (Fsp3) is 0.296.